The van der Waals surface area contributed by atoms with Crippen LogP contribution in [0.2, 0.25) is 0 Å². The van der Waals surface area contributed by atoms with E-state index >= 15 is 0 Å². The van der Waals surface area contributed by atoms with Crippen molar-refractivity contribution < 1.29 is 4.79 Å². The molecule has 0 saturated carbocycles. The number of carbonyl (C=O) groups excluding carboxylic acids is 1. The first-order chi connectivity index (χ1) is 3.84. The van der Waals surface area contributed by atoms with Crippen molar-refractivity contribution in [1.29, 1.82) is 0 Å². The minimum Gasteiger partial charge on any atom is -0.282 e. The Labute approximate surface area is 53.2 Å². The largest absolute Gasteiger partial charge is 0.282 e. The third kappa shape index (κ3) is 0.944. The topological polar surface area (TPSA) is 17.1 Å². The number of thioether (sulfide) groups is 1. The molecule has 0 unspecified atom stereocenters. The lowest BCUT2D eigenvalue weighted by atomic mass is 10.2. The van der Waals surface area contributed by atoms with Gasteiger partial charge in [-0.3, -0.25) is 4.79 Å². The lowest BCUT2D eigenvalue weighted by Crippen LogP contribution is -1.87. The average molecular weight is 128 g/mol. The summed E-state index contributed by atoms with van der Waals surface area (Å²) in [6.07, 6.45) is 2.90. The van der Waals surface area contributed by atoms with Crippen molar-refractivity contribution in [1.82, 2.24) is 0 Å². The highest BCUT2D eigenvalue weighted by Crippen LogP contribution is 2.20. The Morgan fingerprint density at radius 3 is 2.88 bits per heavy atom. The van der Waals surface area contributed by atoms with Crippen LogP contribution in [0.5, 0.6) is 0 Å². The molecular weight excluding hydrogens is 120 g/mol. The van der Waals surface area contributed by atoms with Crippen molar-refractivity contribution in [3.8, 4) is 0 Å². The smallest absolute Gasteiger partial charge is 0.215 e. The summed E-state index contributed by atoms with van der Waals surface area (Å²) in [5.74, 6) is 0.891. The van der Waals surface area contributed by atoms with Crippen LogP contribution in [0.3, 0.4) is 0 Å². The predicted molar refractivity (Wildman–Crippen MR) is 35.8 cm³/mol. The molecule has 0 amide bonds. The summed E-state index contributed by atoms with van der Waals surface area (Å²) in [6, 6.07) is 0. The predicted octanol–water partition coefficient (Wildman–Crippen LogP) is 1.60. The van der Waals surface area contributed by atoms with E-state index in [1.807, 2.05) is 13.0 Å². The highest BCUT2D eigenvalue weighted by molar-refractivity contribution is 8.14. The molecule has 44 valence electrons. The van der Waals surface area contributed by atoms with Gasteiger partial charge in [-0.15, -0.1) is 0 Å². The van der Waals surface area contributed by atoms with Crippen LogP contribution in [0, 0.1) is 0 Å². The van der Waals surface area contributed by atoms with Gasteiger partial charge >= 0.3 is 0 Å². The monoisotopic (exact) mass is 128 g/mol. The van der Waals surface area contributed by atoms with Crippen molar-refractivity contribution in [2.24, 2.45) is 0 Å². The van der Waals surface area contributed by atoms with E-state index in [-0.39, 0.29) is 5.12 Å². The zero-order valence-electron chi connectivity index (χ0n) is 4.81. The molecule has 0 saturated heterocycles. The number of hydrogen-bond donors (Lipinski definition) is 0. The molecule has 1 aliphatic heterocycles. The first-order valence-corrected chi connectivity index (χ1v) is 3.69. The second-order valence-corrected chi connectivity index (χ2v) is 2.67. The molecule has 1 heterocycles. The Morgan fingerprint density at radius 1 is 1.88 bits per heavy atom. The molecule has 1 nitrogen and oxygen atoms in total. The zero-order chi connectivity index (χ0) is 5.98. The first-order valence-electron chi connectivity index (χ1n) is 2.70. The van der Waals surface area contributed by atoms with Crippen molar-refractivity contribution in [2.45, 2.75) is 13.3 Å². The molecule has 0 aromatic heterocycles. The number of hydrogen-bond acceptors (Lipinski definition) is 2. The zero-order valence-corrected chi connectivity index (χ0v) is 5.62. The van der Waals surface area contributed by atoms with Gasteiger partial charge in [0.15, 0.2) is 0 Å². The first kappa shape index (κ1) is 5.89. The van der Waals surface area contributed by atoms with Crippen LogP contribution in [0.25, 0.3) is 0 Å². The van der Waals surface area contributed by atoms with E-state index in [0.29, 0.717) is 0 Å². The van der Waals surface area contributed by atoms with Crippen molar-refractivity contribution in [3.63, 3.8) is 0 Å². The quantitative estimate of drug-likeness (QED) is 0.533. The molecule has 0 bridgehead atoms. The minimum atomic E-state index is 0.271. The fourth-order valence-corrected chi connectivity index (χ4v) is 1.53. The molecule has 0 radical (unpaired) electrons. The van der Waals surface area contributed by atoms with Crippen molar-refractivity contribution >= 4 is 16.9 Å². The maximum Gasteiger partial charge on any atom is 0.215 e. The van der Waals surface area contributed by atoms with Crippen molar-refractivity contribution in [2.75, 3.05) is 5.75 Å². The fourth-order valence-electron chi connectivity index (χ4n) is 0.683. The Kier molecular flexibility index (Phi) is 1.73. The van der Waals surface area contributed by atoms with Crippen molar-refractivity contribution in [3.05, 3.63) is 11.6 Å². The SMILES string of the molecule is CCC1=CCSC1=O. The summed E-state index contributed by atoms with van der Waals surface area (Å²) in [7, 11) is 0. The second-order valence-electron chi connectivity index (χ2n) is 1.68. The van der Waals surface area contributed by atoms with Crippen LogP contribution in [0.15, 0.2) is 11.6 Å². The lowest BCUT2D eigenvalue weighted by molar-refractivity contribution is -0.107. The van der Waals surface area contributed by atoms with E-state index in [0.717, 1.165) is 17.7 Å². The van der Waals surface area contributed by atoms with E-state index in [1.54, 1.807) is 0 Å². The summed E-state index contributed by atoms with van der Waals surface area (Å²) in [5.41, 5.74) is 0.995. The Bertz CT molecular complexity index is 137. The third-order valence-corrected chi connectivity index (χ3v) is 2.04. The molecule has 0 fully saturated rings. The summed E-state index contributed by atoms with van der Waals surface area (Å²) >= 11 is 1.40. The highest BCUT2D eigenvalue weighted by Gasteiger charge is 2.12. The van der Waals surface area contributed by atoms with Gasteiger partial charge in [0.1, 0.15) is 0 Å². The normalized spacial score (nSPS) is 19.1. The Balaban J connectivity index is 2.62. The second kappa shape index (κ2) is 2.35. The Morgan fingerprint density at radius 2 is 2.62 bits per heavy atom. The van der Waals surface area contributed by atoms with Gasteiger partial charge in [-0.1, -0.05) is 24.8 Å². The molecule has 0 atom stereocenters. The minimum absolute atomic E-state index is 0.271. The Hall–Kier alpha value is -0.240. The standard InChI is InChI=1S/C6H8OS/c1-2-5-3-4-8-6(5)7/h3H,2,4H2,1H3. The van der Waals surface area contributed by atoms with E-state index in [2.05, 4.69) is 0 Å². The number of rotatable bonds is 1. The van der Waals surface area contributed by atoms with Crippen LogP contribution in [-0.2, 0) is 4.79 Å². The van der Waals surface area contributed by atoms with Crippen LogP contribution < -0.4 is 0 Å². The molecule has 0 spiro atoms. The summed E-state index contributed by atoms with van der Waals surface area (Å²) in [6.45, 7) is 2.01. The molecule has 8 heavy (non-hydrogen) atoms. The van der Waals surface area contributed by atoms with Gasteiger partial charge in [-0.2, -0.15) is 0 Å². The molecule has 2 heteroatoms. The average Bonchev–Trinajstić information content (AvgIpc) is 2.14. The fraction of sp³-hybridized carbons (Fsp3) is 0.500. The van der Waals surface area contributed by atoms with Gasteiger partial charge in [-0.25, -0.2) is 0 Å². The van der Waals surface area contributed by atoms with Crippen LogP contribution in [0.4, 0.5) is 0 Å². The van der Waals surface area contributed by atoms with Crippen LogP contribution >= 0.6 is 11.8 Å². The molecule has 0 N–H and O–H groups in total. The van der Waals surface area contributed by atoms with E-state index in [1.165, 1.54) is 11.8 Å². The molecule has 0 aliphatic carbocycles. The summed E-state index contributed by atoms with van der Waals surface area (Å²) in [5, 5.41) is 0.271. The van der Waals surface area contributed by atoms with Gasteiger partial charge in [0.05, 0.1) is 0 Å². The maximum atomic E-state index is 10.7. The summed E-state index contributed by atoms with van der Waals surface area (Å²) in [4.78, 5) is 10.7. The van der Waals surface area contributed by atoms with Gasteiger partial charge in [0.2, 0.25) is 5.12 Å². The molecule has 0 aromatic carbocycles. The molecule has 1 aliphatic rings. The highest BCUT2D eigenvalue weighted by atomic mass is 32.2. The third-order valence-electron chi connectivity index (χ3n) is 1.19. The van der Waals surface area contributed by atoms with Gasteiger partial charge < -0.3 is 0 Å². The lowest BCUT2D eigenvalue weighted by Gasteiger charge is -1.87. The van der Waals surface area contributed by atoms with Crippen LogP contribution in [-0.4, -0.2) is 10.9 Å². The summed E-state index contributed by atoms with van der Waals surface area (Å²) < 4.78 is 0. The molecule has 0 aromatic rings. The number of carbonyl (C=O) groups is 1. The van der Waals surface area contributed by atoms with E-state index in [4.69, 9.17) is 0 Å². The van der Waals surface area contributed by atoms with Gasteiger partial charge in [0, 0.05) is 11.3 Å². The molecule has 1 rings (SSSR count). The van der Waals surface area contributed by atoms with E-state index in [9.17, 15) is 4.79 Å². The van der Waals surface area contributed by atoms with E-state index < -0.39 is 0 Å². The van der Waals surface area contributed by atoms with Crippen LogP contribution in [0.1, 0.15) is 13.3 Å². The van der Waals surface area contributed by atoms with Gasteiger partial charge in [-0.05, 0) is 6.42 Å². The maximum absolute atomic E-state index is 10.7. The van der Waals surface area contributed by atoms with Gasteiger partial charge in [0.25, 0.3) is 0 Å². The molecular formula is C6H8OS.